The Morgan fingerprint density at radius 3 is 2.68 bits per heavy atom. The maximum Gasteiger partial charge on any atom is 0.276 e. The van der Waals surface area contributed by atoms with Gasteiger partial charge in [0.25, 0.3) is 5.91 Å². The summed E-state index contributed by atoms with van der Waals surface area (Å²) in [4.78, 5) is 24.5. The van der Waals surface area contributed by atoms with E-state index in [1.54, 1.807) is 6.07 Å². The van der Waals surface area contributed by atoms with Gasteiger partial charge < -0.3 is 16.0 Å². The van der Waals surface area contributed by atoms with Crippen molar-refractivity contribution in [1.82, 2.24) is 15.1 Å². The van der Waals surface area contributed by atoms with E-state index < -0.39 is 0 Å². The zero-order valence-electron chi connectivity index (χ0n) is 16.3. The first-order valence-corrected chi connectivity index (χ1v) is 9.55. The highest BCUT2D eigenvalue weighted by Gasteiger charge is 2.18. The molecule has 0 spiro atoms. The minimum absolute atomic E-state index is 0. The summed E-state index contributed by atoms with van der Waals surface area (Å²) in [6.45, 7) is 5.76. The van der Waals surface area contributed by atoms with Crippen LogP contribution in [0.4, 0.5) is 11.4 Å². The fourth-order valence-electron chi connectivity index (χ4n) is 3.25. The van der Waals surface area contributed by atoms with Crippen LogP contribution < -0.4 is 16.0 Å². The number of rotatable bonds is 6. The van der Waals surface area contributed by atoms with Crippen molar-refractivity contribution in [2.45, 2.75) is 45.6 Å². The summed E-state index contributed by atoms with van der Waals surface area (Å²) in [5.41, 5.74) is 2.60. The summed E-state index contributed by atoms with van der Waals surface area (Å²) in [5.74, 6) is -0.276. The molecular formula is C20H28ClN5O2. The summed E-state index contributed by atoms with van der Waals surface area (Å²) in [6.07, 6.45) is 5.31. The standard InChI is InChI=1S/C20H27N5O2.ClH/c1-3-6-19(26)22-16-8-4-9-17(14(16)2)23-20(27)18-10-12-25(24-18)15-7-5-11-21-13-15;/h4,8-10,12,15,21H,3,5-7,11,13H2,1-2H3,(H,22,26)(H,23,27);1H. The van der Waals surface area contributed by atoms with Crippen molar-refractivity contribution in [3.05, 3.63) is 41.7 Å². The maximum atomic E-state index is 12.6. The van der Waals surface area contributed by atoms with E-state index in [0.717, 1.165) is 37.9 Å². The molecule has 0 radical (unpaired) electrons. The highest BCUT2D eigenvalue weighted by molar-refractivity contribution is 6.04. The Morgan fingerprint density at radius 2 is 2.00 bits per heavy atom. The zero-order valence-corrected chi connectivity index (χ0v) is 17.1. The van der Waals surface area contributed by atoms with E-state index in [-0.39, 0.29) is 24.2 Å². The smallest absolute Gasteiger partial charge is 0.276 e. The van der Waals surface area contributed by atoms with E-state index in [2.05, 4.69) is 21.0 Å². The number of benzene rings is 1. The molecule has 152 valence electrons. The Bertz CT molecular complexity index is 815. The molecule has 3 N–H and O–H groups in total. The van der Waals surface area contributed by atoms with Crippen LogP contribution in [0.25, 0.3) is 0 Å². The number of anilines is 2. The molecule has 0 aliphatic carbocycles. The number of piperidine rings is 1. The summed E-state index contributed by atoms with van der Waals surface area (Å²) < 4.78 is 1.87. The molecule has 0 saturated carbocycles. The number of aromatic nitrogens is 2. The normalized spacial score (nSPS) is 16.1. The Balaban J connectivity index is 0.00000280. The average molecular weight is 406 g/mol. The molecular weight excluding hydrogens is 378 g/mol. The second-order valence-corrected chi connectivity index (χ2v) is 6.91. The lowest BCUT2D eigenvalue weighted by molar-refractivity contribution is -0.116. The average Bonchev–Trinajstić information content (AvgIpc) is 3.16. The number of hydrogen-bond donors (Lipinski definition) is 3. The second-order valence-electron chi connectivity index (χ2n) is 6.91. The van der Waals surface area contributed by atoms with Crippen LogP contribution in [-0.2, 0) is 4.79 Å². The molecule has 1 aromatic carbocycles. The molecule has 1 atom stereocenters. The van der Waals surface area contributed by atoms with Gasteiger partial charge in [-0.05, 0) is 56.5 Å². The van der Waals surface area contributed by atoms with Crippen LogP contribution in [0.1, 0.15) is 54.7 Å². The highest BCUT2D eigenvalue weighted by atomic mass is 35.5. The van der Waals surface area contributed by atoms with Gasteiger partial charge in [0.2, 0.25) is 5.91 Å². The lowest BCUT2D eigenvalue weighted by atomic mass is 10.1. The Kier molecular flexibility index (Phi) is 8.02. The molecule has 3 rings (SSSR count). The zero-order chi connectivity index (χ0) is 19.2. The predicted molar refractivity (Wildman–Crippen MR) is 113 cm³/mol. The SMILES string of the molecule is CCCC(=O)Nc1cccc(NC(=O)c2ccn(C3CCCNC3)n2)c1C.Cl. The molecule has 1 aliphatic heterocycles. The third-order valence-electron chi connectivity index (χ3n) is 4.82. The van der Waals surface area contributed by atoms with Crippen LogP contribution >= 0.6 is 12.4 Å². The molecule has 0 bridgehead atoms. The molecule has 1 unspecified atom stereocenters. The maximum absolute atomic E-state index is 12.6. The highest BCUT2D eigenvalue weighted by Crippen LogP contribution is 2.24. The van der Waals surface area contributed by atoms with E-state index in [4.69, 9.17) is 0 Å². The van der Waals surface area contributed by atoms with Gasteiger partial charge in [-0.3, -0.25) is 14.3 Å². The largest absolute Gasteiger partial charge is 0.326 e. The Labute approximate surface area is 171 Å². The van der Waals surface area contributed by atoms with Crippen LogP contribution in [0.5, 0.6) is 0 Å². The van der Waals surface area contributed by atoms with Gasteiger partial charge in [0.15, 0.2) is 5.69 Å². The third-order valence-corrected chi connectivity index (χ3v) is 4.82. The molecule has 2 amide bonds. The predicted octanol–water partition coefficient (Wildman–Crippen LogP) is 3.53. The van der Waals surface area contributed by atoms with Gasteiger partial charge in [0.05, 0.1) is 6.04 Å². The fourth-order valence-corrected chi connectivity index (χ4v) is 3.25. The van der Waals surface area contributed by atoms with E-state index >= 15 is 0 Å². The van der Waals surface area contributed by atoms with Gasteiger partial charge in [-0.2, -0.15) is 5.10 Å². The van der Waals surface area contributed by atoms with Gasteiger partial charge in [-0.1, -0.05) is 13.0 Å². The summed E-state index contributed by atoms with van der Waals surface area (Å²) in [6, 6.07) is 7.51. The van der Waals surface area contributed by atoms with Crippen LogP contribution in [0, 0.1) is 6.92 Å². The molecule has 2 heterocycles. The van der Waals surface area contributed by atoms with E-state index in [1.807, 2.05) is 42.9 Å². The number of nitrogens with zero attached hydrogens (tertiary/aromatic N) is 2. The van der Waals surface area contributed by atoms with Crippen molar-refractivity contribution < 1.29 is 9.59 Å². The van der Waals surface area contributed by atoms with Crippen LogP contribution in [0.3, 0.4) is 0 Å². The van der Waals surface area contributed by atoms with E-state index in [0.29, 0.717) is 29.5 Å². The molecule has 1 aromatic heterocycles. The number of hydrogen-bond acceptors (Lipinski definition) is 4. The number of carbonyl (C=O) groups is 2. The molecule has 1 aliphatic rings. The number of amides is 2. The third kappa shape index (κ3) is 5.33. The molecule has 8 heteroatoms. The van der Waals surface area contributed by atoms with E-state index in [9.17, 15) is 9.59 Å². The fraction of sp³-hybridized carbons (Fsp3) is 0.450. The second kappa shape index (κ2) is 10.2. The molecule has 1 saturated heterocycles. The minimum atomic E-state index is -0.252. The number of nitrogens with one attached hydrogen (secondary N) is 3. The van der Waals surface area contributed by atoms with Gasteiger partial charge in [-0.25, -0.2) is 0 Å². The number of carbonyl (C=O) groups excluding carboxylic acids is 2. The van der Waals surface area contributed by atoms with Gasteiger partial charge >= 0.3 is 0 Å². The van der Waals surface area contributed by atoms with E-state index in [1.165, 1.54) is 0 Å². The topological polar surface area (TPSA) is 88.0 Å². The van der Waals surface area contributed by atoms with Crippen molar-refractivity contribution in [3.63, 3.8) is 0 Å². The summed E-state index contributed by atoms with van der Waals surface area (Å²) in [7, 11) is 0. The minimum Gasteiger partial charge on any atom is -0.326 e. The lowest BCUT2D eigenvalue weighted by Crippen LogP contribution is -2.32. The van der Waals surface area contributed by atoms with Crippen molar-refractivity contribution in [2.75, 3.05) is 23.7 Å². The van der Waals surface area contributed by atoms with Crippen molar-refractivity contribution in [2.24, 2.45) is 0 Å². The number of halogens is 1. The Hall–Kier alpha value is -2.38. The molecule has 7 nitrogen and oxygen atoms in total. The van der Waals surface area contributed by atoms with Crippen molar-refractivity contribution in [3.8, 4) is 0 Å². The first-order chi connectivity index (χ1) is 13.1. The summed E-state index contributed by atoms with van der Waals surface area (Å²) in [5, 5.41) is 13.6. The van der Waals surface area contributed by atoms with Crippen LogP contribution in [0.15, 0.2) is 30.5 Å². The summed E-state index contributed by atoms with van der Waals surface area (Å²) >= 11 is 0. The molecule has 1 fully saturated rings. The van der Waals surface area contributed by atoms with Gasteiger partial charge in [-0.15, -0.1) is 12.4 Å². The van der Waals surface area contributed by atoms with Crippen molar-refractivity contribution in [1.29, 1.82) is 0 Å². The van der Waals surface area contributed by atoms with Gasteiger partial charge in [0.1, 0.15) is 0 Å². The quantitative estimate of drug-likeness (QED) is 0.686. The first kappa shape index (κ1) is 21.9. The Morgan fingerprint density at radius 1 is 1.25 bits per heavy atom. The first-order valence-electron chi connectivity index (χ1n) is 9.55. The molecule has 28 heavy (non-hydrogen) atoms. The molecule has 2 aromatic rings. The van der Waals surface area contributed by atoms with Crippen LogP contribution in [-0.4, -0.2) is 34.7 Å². The van der Waals surface area contributed by atoms with Crippen LogP contribution in [0.2, 0.25) is 0 Å². The monoisotopic (exact) mass is 405 g/mol. The lowest BCUT2D eigenvalue weighted by Gasteiger charge is -2.22. The van der Waals surface area contributed by atoms with Gasteiger partial charge in [0, 0.05) is 30.5 Å². The van der Waals surface area contributed by atoms with Crippen molar-refractivity contribution >= 4 is 35.6 Å².